The number of sulfonamides is 1. The number of carbonyl (C=O) groups excluding carboxylic acids is 1. The number of anilines is 2. The predicted molar refractivity (Wildman–Crippen MR) is 137 cm³/mol. The number of ether oxygens (including phenoxy) is 3. The number of nitrogens with zero attached hydrogens (tertiary/aromatic N) is 1. The number of nitrogens with one attached hydrogen (secondary N) is 1. The summed E-state index contributed by atoms with van der Waals surface area (Å²) in [6, 6.07) is 13.7. The molecule has 3 aromatic carbocycles. The van der Waals surface area contributed by atoms with E-state index in [2.05, 4.69) is 5.32 Å². The lowest BCUT2D eigenvalue weighted by atomic mass is 10.2. The molecule has 0 saturated carbocycles. The Morgan fingerprint density at radius 1 is 0.857 bits per heavy atom. The van der Waals surface area contributed by atoms with Gasteiger partial charge < -0.3 is 19.5 Å². The molecule has 0 bridgehead atoms. The second-order valence-corrected chi connectivity index (χ2v) is 10.1. The molecule has 0 aliphatic heterocycles. The van der Waals surface area contributed by atoms with Crippen LogP contribution in [0.2, 0.25) is 10.0 Å². The van der Waals surface area contributed by atoms with Gasteiger partial charge in [-0.2, -0.15) is 0 Å². The summed E-state index contributed by atoms with van der Waals surface area (Å²) in [6.07, 6.45) is 0. The van der Waals surface area contributed by atoms with Gasteiger partial charge in [0.1, 0.15) is 23.8 Å². The number of methoxy groups -OCH3 is 3. The van der Waals surface area contributed by atoms with Crippen molar-refractivity contribution in [3.8, 4) is 17.2 Å². The highest BCUT2D eigenvalue weighted by Gasteiger charge is 2.28. The van der Waals surface area contributed by atoms with Crippen LogP contribution in [0, 0.1) is 6.92 Å². The lowest BCUT2D eigenvalue weighted by Gasteiger charge is -2.25. The minimum absolute atomic E-state index is 0.0218. The molecule has 0 heterocycles. The van der Waals surface area contributed by atoms with Gasteiger partial charge in [0.25, 0.3) is 10.0 Å². The van der Waals surface area contributed by atoms with Crippen molar-refractivity contribution in [2.75, 3.05) is 37.5 Å². The van der Waals surface area contributed by atoms with E-state index >= 15 is 0 Å². The van der Waals surface area contributed by atoms with Crippen molar-refractivity contribution in [3.05, 3.63) is 70.2 Å². The van der Waals surface area contributed by atoms with Crippen LogP contribution in [0.25, 0.3) is 0 Å². The van der Waals surface area contributed by atoms with E-state index < -0.39 is 22.5 Å². The van der Waals surface area contributed by atoms with Gasteiger partial charge >= 0.3 is 0 Å². The quantitative estimate of drug-likeness (QED) is 0.404. The van der Waals surface area contributed by atoms with Crippen LogP contribution in [0.4, 0.5) is 11.4 Å². The first-order chi connectivity index (χ1) is 16.6. The summed E-state index contributed by atoms with van der Waals surface area (Å²) in [6.45, 7) is 1.30. The van der Waals surface area contributed by atoms with E-state index in [4.69, 9.17) is 37.4 Å². The molecule has 0 radical (unpaired) electrons. The normalized spacial score (nSPS) is 11.0. The lowest BCUT2D eigenvalue weighted by molar-refractivity contribution is -0.114. The van der Waals surface area contributed by atoms with Crippen molar-refractivity contribution < 1.29 is 27.4 Å². The van der Waals surface area contributed by atoms with Gasteiger partial charge in [-0.15, -0.1) is 0 Å². The maximum atomic E-state index is 13.6. The minimum atomic E-state index is -4.13. The van der Waals surface area contributed by atoms with Crippen molar-refractivity contribution in [1.29, 1.82) is 0 Å². The van der Waals surface area contributed by atoms with Gasteiger partial charge in [-0.05, 0) is 37.3 Å². The predicted octanol–water partition coefficient (Wildman–Crippen LogP) is 5.16. The van der Waals surface area contributed by atoms with Crippen LogP contribution in [-0.4, -0.2) is 42.2 Å². The zero-order valence-corrected chi connectivity index (χ0v) is 21.8. The molecule has 35 heavy (non-hydrogen) atoms. The largest absolute Gasteiger partial charge is 0.495 e. The van der Waals surface area contributed by atoms with E-state index in [1.165, 1.54) is 63.8 Å². The molecule has 186 valence electrons. The average Bonchev–Trinajstić information content (AvgIpc) is 2.83. The highest BCUT2D eigenvalue weighted by molar-refractivity contribution is 7.92. The molecule has 8 nitrogen and oxygen atoms in total. The molecule has 1 amide bonds. The summed E-state index contributed by atoms with van der Waals surface area (Å²) < 4.78 is 43.8. The standard InChI is InChI=1S/C24H24Cl2N2O6S/c1-15-5-8-17(9-6-15)35(30,31)28(16-7-10-21(32-2)18(25)11-16)14-24(29)27-20-13-22(33-3)19(26)12-23(20)34-4/h5-13H,14H2,1-4H3,(H,27,29). The highest BCUT2D eigenvalue weighted by atomic mass is 35.5. The third-order valence-corrected chi connectivity index (χ3v) is 7.45. The van der Waals surface area contributed by atoms with E-state index in [0.29, 0.717) is 16.5 Å². The minimum Gasteiger partial charge on any atom is -0.495 e. The van der Waals surface area contributed by atoms with Crippen molar-refractivity contribution in [3.63, 3.8) is 0 Å². The molecule has 1 N–H and O–H groups in total. The van der Waals surface area contributed by atoms with Crippen LogP contribution in [0.1, 0.15) is 5.56 Å². The molecule has 0 aromatic heterocycles. The zero-order valence-electron chi connectivity index (χ0n) is 19.5. The zero-order chi connectivity index (χ0) is 25.8. The molecule has 0 fully saturated rings. The molecule has 0 aliphatic rings. The van der Waals surface area contributed by atoms with Gasteiger partial charge in [-0.1, -0.05) is 40.9 Å². The monoisotopic (exact) mass is 538 g/mol. The molecular formula is C24H24Cl2N2O6S. The number of aryl methyl sites for hydroxylation is 1. The summed E-state index contributed by atoms with van der Waals surface area (Å²) in [5.41, 5.74) is 1.34. The SMILES string of the molecule is COc1ccc(N(CC(=O)Nc2cc(OC)c(Cl)cc2OC)S(=O)(=O)c2ccc(C)cc2)cc1Cl. The fraction of sp³-hybridized carbons (Fsp3) is 0.208. The number of hydrogen-bond donors (Lipinski definition) is 1. The molecule has 0 atom stereocenters. The number of halogens is 2. The molecule has 3 rings (SSSR count). The fourth-order valence-corrected chi connectivity index (χ4v) is 5.14. The first-order valence-corrected chi connectivity index (χ1v) is 12.4. The Labute approximate surface area is 214 Å². The summed E-state index contributed by atoms with van der Waals surface area (Å²) in [5.74, 6) is 0.333. The Bertz CT molecular complexity index is 1330. The maximum Gasteiger partial charge on any atom is 0.264 e. The third kappa shape index (κ3) is 5.93. The van der Waals surface area contributed by atoms with Crippen LogP contribution in [-0.2, 0) is 14.8 Å². The molecule has 0 saturated heterocycles. The Morgan fingerprint density at radius 2 is 1.46 bits per heavy atom. The van der Waals surface area contributed by atoms with E-state index in [1.54, 1.807) is 12.1 Å². The van der Waals surface area contributed by atoms with E-state index in [0.717, 1.165) is 9.87 Å². The lowest BCUT2D eigenvalue weighted by Crippen LogP contribution is -2.38. The summed E-state index contributed by atoms with van der Waals surface area (Å²) in [4.78, 5) is 13.1. The molecule has 0 unspecified atom stereocenters. The van der Waals surface area contributed by atoms with E-state index in [9.17, 15) is 13.2 Å². The van der Waals surface area contributed by atoms with Crippen molar-refractivity contribution in [2.24, 2.45) is 0 Å². The van der Waals surface area contributed by atoms with Crippen molar-refractivity contribution >= 4 is 50.5 Å². The second-order valence-electron chi connectivity index (χ2n) is 7.38. The van der Waals surface area contributed by atoms with Crippen molar-refractivity contribution in [2.45, 2.75) is 11.8 Å². The van der Waals surface area contributed by atoms with Gasteiger partial charge in [0.2, 0.25) is 5.91 Å². The molecule has 0 spiro atoms. The van der Waals surface area contributed by atoms with Crippen LogP contribution in [0.15, 0.2) is 59.5 Å². The number of rotatable bonds is 9. The van der Waals surface area contributed by atoms with Crippen LogP contribution in [0.3, 0.4) is 0 Å². The Balaban J connectivity index is 2.01. The Morgan fingerprint density at radius 3 is 2.03 bits per heavy atom. The average molecular weight is 539 g/mol. The van der Waals surface area contributed by atoms with E-state index in [-0.39, 0.29) is 27.0 Å². The fourth-order valence-electron chi connectivity index (χ4n) is 3.24. The number of benzene rings is 3. The molecule has 11 heteroatoms. The number of carbonyl (C=O) groups is 1. The second kappa shape index (κ2) is 11.1. The Kier molecular flexibility index (Phi) is 8.37. The van der Waals surface area contributed by atoms with Gasteiger partial charge in [-0.25, -0.2) is 8.42 Å². The van der Waals surface area contributed by atoms with Crippen LogP contribution in [0.5, 0.6) is 17.2 Å². The smallest absolute Gasteiger partial charge is 0.264 e. The molecule has 0 aliphatic carbocycles. The first kappa shape index (κ1) is 26.5. The van der Waals surface area contributed by atoms with Gasteiger partial charge in [-0.3, -0.25) is 9.10 Å². The van der Waals surface area contributed by atoms with Crippen molar-refractivity contribution in [1.82, 2.24) is 0 Å². The molecular weight excluding hydrogens is 515 g/mol. The van der Waals surface area contributed by atoms with Gasteiger partial charge in [0, 0.05) is 12.1 Å². The van der Waals surface area contributed by atoms with Crippen LogP contribution >= 0.6 is 23.2 Å². The summed E-state index contributed by atoms with van der Waals surface area (Å²) >= 11 is 12.4. The summed E-state index contributed by atoms with van der Waals surface area (Å²) in [7, 11) is 0.165. The maximum absolute atomic E-state index is 13.6. The van der Waals surface area contributed by atoms with Gasteiger partial charge in [0.15, 0.2) is 0 Å². The third-order valence-electron chi connectivity index (χ3n) is 5.07. The number of hydrogen-bond acceptors (Lipinski definition) is 6. The van der Waals surface area contributed by atoms with Gasteiger partial charge in [0.05, 0.1) is 47.6 Å². The summed E-state index contributed by atoms with van der Waals surface area (Å²) in [5, 5.41) is 3.15. The van der Waals surface area contributed by atoms with Crippen LogP contribution < -0.4 is 23.8 Å². The molecule has 3 aromatic rings. The Hall–Kier alpha value is -3.14. The highest BCUT2D eigenvalue weighted by Crippen LogP contribution is 2.36. The topological polar surface area (TPSA) is 94.2 Å². The first-order valence-electron chi connectivity index (χ1n) is 10.2. The number of amides is 1. The van der Waals surface area contributed by atoms with E-state index in [1.807, 2.05) is 6.92 Å².